The molecular formula is C14H19ClFN. The molecule has 0 spiro atoms. The van der Waals surface area contributed by atoms with Crippen molar-refractivity contribution in [3.05, 3.63) is 35.1 Å². The van der Waals surface area contributed by atoms with Gasteiger partial charge in [-0.15, -0.1) is 11.6 Å². The first kappa shape index (κ1) is 12.8. The number of aryl methyl sites for hydroxylation is 1. The first-order chi connectivity index (χ1) is 8.19. The summed E-state index contributed by atoms with van der Waals surface area (Å²) in [6.07, 6.45) is 2.42. The van der Waals surface area contributed by atoms with Crippen LogP contribution in [0, 0.1) is 18.7 Å². The topological polar surface area (TPSA) is 3.24 Å². The molecule has 1 aliphatic rings. The molecule has 2 rings (SSSR count). The molecule has 1 aliphatic heterocycles. The number of likely N-dealkylation sites (tertiary alicyclic amines) is 1. The Kier molecular flexibility index (Phi) is 4.41. The summed E-state index contributed by atoms with van der Waals surface area (Å²) in [4.78, 5) is 2.39. The maximum absolute atomic E-state index is 13.2. The SMILES string of the molecule is Cc1ccc(F)cc1CN1CCCC(CCl)C1. The summed E-state index contributed by atoms with van der Waals surface area (Å²) in [7, 11) is 0. The molecule has 1 aromatic rings. The number of hydrogen-bond donors (Lipinski definition) is 0. The minimum absolute atomic E-state index is 0.142. The van der Waals surface area contributed by atoms with E-state index in [0.29, 0.717) is 5.92 Å². The largest absolute Gasteiger partial charge is 0.299 e. The molecule has 1 heterocycles. The van der Waals surface area contributed by atoms with Gasteiger partial charge in [-0.25, -0.2) is 4.39 Å². The van der Waals surface area contributed by atoms with Crippen molar-refractivity contribution in [2.75, 3.05) is 19.0 Å². The Bertz CT molecular complexity index is 380. The average molecular weight is 256 g/mol. The summed E-state index contributed by atoms with van der Waals surface area (Å²) in [5.74, 6) is 1.19. The maximum Gasteiger partial charge on any atom is 0.123 e. The number of hydrogen-bond acceptors (Lipinski definition) is 1. The summed E-state index contributed by atoms with van der Waals surface area (Å²) in [6.45, 7) is 5.03. The van der Waals surface area contributed by atoms with Crippen molar-refractivity contribution >= 4 is 11.6 Å². The van der Waals surface area contributed by atoms with E-state index in [0.717, 1.165) is 31.1 Å². The normalized spacial score (nSPS) is 21.7. The molecular weight excluding hydrogens is 237 g/mol. The lowest BCUT2D eigenvalue weighted by Gasteiger charge is -2.32. The number of benzene rings is 1. The van der Waals surface area contributed by atoms with Crippen LogP contribution >= 0.6 is 11.6 Å². The number of nitrogens with zero attached hydrogens (tertiary/aromatic N) is 1. The summed E-state index contributed by atoms with van der Waals surface area (Å²) in [5.41, 5.74) is 2.26. The third kappa shape index (κ3) is 3.43. The summed E-state index contributed by atoms with van der Waals surface area (Å²) >= 11 is 5.92. The molecule has 0 aliphatic carbocycles. The van der Waals surface area contributed by atoms with Crippen LogP contribution in [0.5, 0.6) is 0 Å². The van der Waals surface area contributed by atoms with E-state index in [1.807, 2.05) is 13.0 Å². The molecule has 1 saturated heterocycles. The van der Waals surface area contributed by atoms with Gasteiger partial charge in [-0.3, -0.25) is 4.90 Å². The number of alkyl halides is 1. The molecule has 1 aromatic carbocycles. The molecule has 1 atom stereocenters. The Morgan fingerprint density at radius 3 is 3.06 bits per heavy atom. The molecule has 1 fully saturated rings. The molecule has 3 heteroatoms. The highest BCUT2D eigenvalue weighted by Crippen LogP contribution is 2.21. The van der Waals surface area contributed by atoms with Gasteiger partial charge >= 0.3 is 0 Å². The van der Waals surface area contributed by atoms with Gasteiger partial charge in [0.15, 0.2) is 0 Å². The fraction of sp³-hybridized carbons (Fsp3) is 0.571. The van der Waals surface area contributed by atoms with Crippen molar-refractivity contribution in [2.24, 2.45) is 5.92 Å². The van der Waals surface area contributed by atoms with E-state index in [9.17, 15) is 4.39 Å². The fourth-order valence-electron chi connectivity index (χ4n) is 2.47. The Balaban J connectivity index is 2.02. The second kappa shape index (κ2) is 5.83. The lowest BCUT2D eigenvalue weighted by atomic mass is 9.99. The quantitative estimate of drug-likeness (QED) is 0.747. The van der Waals surface area contributed by atoms with Crippen LogP contribution in [-0.2, 0) is 6.54 Å². The summed E-state index contributed by atoms with van der Waals surface area (Å²) < 4.78 is 13.2. The van der Waals surface area contributed by atoms with Gasteiger partial charge in [0.05, 0.1) is 0 Å². The second-order valence-corrected chi connectivity index (χ2v) is 5.28. The van der Waals surface area contributed by atoms with Crippen molar-refractivity contribution < 1.29 is 4.39 Å². The number of rotatable bonds is 3. The van der Waals surface area contributed by atoms with Gasteiger partial charge in [-0.05, 0) is 55.5 Å². The van der Waals surface area contributed by atoms with Gasteiger partial charge < -0.3 is 0 Å². The molecule has 0 bridgehead atoms. The minimum Gasteiger partial charge on any atom is -0.299 e. The van der Waals surface area contributed by atoms with E-state index < -0.39 is 0 Å². The lowest BCUT2D eigenvalue weighted by Crippen LogP contribution is -2.35. The van der Waals surface area contributed by atoms with Gasteiger partial charge in [0, 0.05) is 19.0 Å². The summed E-state index contributed by atoms with van der Waals surface area (Å²) in [6, 6.07) is 5.03. The smallest absolute Gasteiger partial charge is 0.123 e. The Morgan fingerprint density at radius 2 is 2.29 bits per heavy atom. The van der Waals surface area contributed by atoms with Gasteiger partial charge in [0.1, 0.15) is 5.82 Å². The Hall–Kier alpha value is -0.600. The van der Waals surface area contributed by atoms with Crippen LogP contribution in [0.3, 0.4) is 0 Å². The van der Waals surface area contributed by atoms with E-state index in [-0.39, 0.29) is 5.82 Å². The molecule has 0 amide bonds. The third-order valence-corrected chi connectivity index (χ3v) is 3.96. The summed E-state index contributed by atoms with van der Waals surface area (Å²) in [5, 5.41) is 0. The van der Waals surface area contributed by atoms with Crippen molar-refractivity contribution in [1.82, 2.24) is 4.90 Å². The molecule has 0 N–H and O–H groups in total. The second-order valence-electron chi connectivity index (χ2n) is 4.97. The number of halogens is 2. The highest BCUT2D eigenvalue weighted by molar-refractivity contribution is 6.18. The maximum atomic E-state index is 13.2. The van der Waals surface area contributed by atoms with E-state index in [4.69, 9.17) is 11.6 Å². The first-order valence-corrected chi connectivity index (χ1v) is 6.76. The molecule has 1 nitrogen and oxygen atoms in total. The molecule has 0 aromatic heterocycles. The Labute approximate surface area is 108 Å². The van der Waals surface area contributed by atoms with Gasteiger partial charge in [-0.2, -0.15) is 0 Å². The number of piperidine rings is 1. The van der Waals surface area contributed by atoms with Gasteiger partial charge in [0.25, 0.3) is 0 Å². The van der Waals surface area contributed by atoms with Crippen LogP contribution in [0.25, 0.3) is 0 Å². The monoisotopic (exact) mass is 255 g/mol. The predicted octanol–water partition coefficient (Wildman–Crippen LogP) is 3.58. The van der Waals surface area contributed by atoms with Crippen LogP contribution < -0.4 is 0 Å². The highest BCUT2D eigenvalue weighted by Gasteiger charge is 2.19. The zero-order chi connectivity index (χ0) is 12.3. The van der Waals surface area contributed by atoms with Crippen molar-refractivity contribution in [3.8, 4) is 0 Å². The van der Waals surface area contributed by atoms with Crippen molar-refractivity contribution in [3.63, 3.8) is 0 Å². The average Bonchev–Trinajstić information content (AvgIpc) is 2.34. The molecule has 17 heavy (non-hydrogen) atoms. The molecule has 94 valence electrons. The fourth-order valence-corrected chi connectivity index (χ4v) is 2.72. The van der Waals surface area contributed by atoms with Crippen molar-refractivity contribution in [2.45, 2.75) is 26.3 Å². The molecule has 1 unspecified atom stereocenters. The van der Waals surface area contributed by atoms with Crippen LogP contribution in [0.4, 0.5) is 4.39 Å². The predicted molar refractivity (Wildman–Crippen MR) is 69.9 cm³/mol. The zero-order valence-corrected chi connectivity index (χ0v) is 11.0. The Morgan fingerprint density at radius 1 is 1.47 bits per heavy atom. The molecule has 0 radical (unpaired) electrons. The van der Waals surface area contributed by atoms with Crippen LogP contribution in [0.15, 0.2) is 18.2 Å². The van der Waals surface area contributed by atoms with Crippen molar-refractivity contribution in [1.29, 1.82) is 0 Å². The van der Waals surface area contributed by atoms with Crippen LogP contribution in [0.2, 0.25) is 0 Å². The highest BCUT2D eigenvalue weighted by atomic mass is 35.5. The molecule has 0 saturated carbocycles. The first-order valence-electron chi connectivity index (χ1n) is 6.22. The van der Waals surface area contributed by atoms with Gasteiger partial charge in [0.2, 0.25) is 0 Å². The van der Waals surface area contributed by atoms with E-state index in [2.05, 4.69) is 4.90 Å². The van der Waals surface area contributed by atoms with E-state index in [1.54, 1.807) is 6.07 Å². The minimum atomic E-state index is -0.142. The van der Waals surface area contributed by atoms with Crippen LogP contribution in [-0.4, -0.2) is 23.9 Å². The standard InChI is InChI=1S/C14H19ClFN/c1-11-4-5-14(16)7-13(11)10-17-6-2-3-12(8-15)9-17/h4-5,7,12H,2-3,6,8-10H2,1H3. The van der Waals surface area contributed by atoms with Crippen LogP contribution in [0.1, 0.15) is 24.0 Å². The van der Waals surface area contributed by atoms with Gasteiger partial charge in [-0.1, -0.05) is 6.07 Å². The third-order valence-electron chi connectivity index (χ3n) is 3.53. The zero-order valence-electron chi connectivity index (χ0n) is 10.3. The lowest BCUT2D eigenvalue weighted by molar-refractivity contribution is 0.177. The van der Waals surface area contributed by atoms with E-state index >= 15 is 0 Å². The van der Waals surface area contributed by atoms with E-state index in [1.165, 1.54) is 24.5 Å².